The van der Waals surface area contributed by atoms with Crippen molar-refractivity contribution in [1.29, 1.82) is 0 Å². The highest BCUT2D eigenvalue weighted by Gasteiger charge is 2.26. The molecule has 1 amide bonds. The molecular formula is C20H27N3O2. The minimum atomic E-state index is 0.132. The molecule has 1 aromatic heterocycles. The molecule has 5 nitrogen and oxygen atoms in total. The number of aromatic nitrogens is 1. The molecule has 0 bridgehead atoms. The third-order valence-corrected chi connectivity index (χ3v) is 5.11. The lowest BCUT2D eigenvalue weighted by Gasteiger charge is -2.32. The number of likely N-dealkylation sites (tertiary alicyclic amines) is 1. The summed E-state index contributed by atoms with van der Waals surface area (Å²) in [5.41, 5.74) is 3.89. The van der Waals surface area contributed by atoms with Crippen molar-refractivity contribution in [3.63, 3.8) is 0 Å². The number of nitrogens with one attached hydrogen (secondary N) is 1. The molecule has 2 heterocycles. The zero-order chi connectivity index (χ0) is 18.0. The predicted octanol–water partition coefficient (Wildman–Crippen LogP) is 2.93. The topological polar surface area (TPSA) is 46.5 Å². The summed E-state index contributed by atoms with van der Waals surface area (Å²) in [7, 11) is 3.63. The molecule has 1 N–H and O–H groups in total. The Morgan fingerprint density at radius 1 is 1.24 bits per heavy atom. The largest absolute Gasteiger partial charge is 0.497 e. The maximum absolute atomic E-state index is 13.0. The standard InChI is InChI=1S/C20H27N3O2/c1-14-12-19(20(24)22-11-5-6-16(13-22)21-3)15(2)23(14)17-7-9-18(25-4)10-8-17/h7-10,12,16,21H,5-6,11,13H2,1-4H3. The van der Waals surface area contributed by atoms with Gasteiger partial charge in [-0.2, -0.15) is 0 Å². The summed E-state index contributed by atoms with van der Waals surface area (Å²) in [6.45, 7) is 5.68. The number of rotatable bonds is 4. The molecule has 1 saturated heterocycles. The van der Waals surface area contributed by atoms with Crippen molar-refractivity contribution in [3.05, 3.63) is 47.3 Å². The SMILES string of the molecule is CNC1CCCN(C(=O)c2cc(C)n(-c3ccc(OC)cc3)c2C)C1. The molecule has 134 valence electrons. The van der Waals surface area contributed by atoms with Gasteiger partial charge in [0.1, 0.15) is 5.75 Å². The third-order valence-electron chi connectivity index (χ3n) is 5.11. The Kier molecular flexibility index (Phi) is 5.13. The number of benzene rings is 1. The van der Waals surface area contributed by atoms with Gasteiger partial charge in [0.05, 0.1) is 12.7 Å². The van der Waals surface area contributed by atoms with Gasteiger partial charge in [-0.05, 0) is 64.1 Å². The molecule has 0 saturated carbocycles. The molecule has 25 heavy (non-hydrogen) atoms. The number of piperidine rings is 1. The van der Waals surface area contributed by atoms with Gasteiger partial charge in [-0.15, -0.1) is 0 Å². The van der Waals surface area contributed by atoms with Gasteiger partial charge in [-0.1, -0.05) is 0 Å². The highest BCUT2D eigenvalue weighted by atomic mass is 16.5. The summed E-state index contributed by atoms with van der Waals surface area (Å²) in [6.07, 6.45) is 2.18. The van der Waals surface area contributed by atoms with Crippen LogP contribution in [0.2, 0.25) is 0 Å². The highest BCUT2D eigenvalue weighted by Crippen LogP contribution is 2.24. The molecule has 1 fully saturated rings. The van der Waals surface area contributed by atoms with E-state index >= 15 is 0 Å². The number of aryl methyl sites for hydroxylation is 1. The number of nitrogens with zero attached hydrogens (tertiary/aromatic N) is 2. The maximum atomic E-state index is 13.0. The van der Waals surface area contributed by atoms with E-state index in [0.29, 0.717) is 6.04 Å². The van der Waals surface area contributed by atoms with Crippen LogP contribution in [0.25, 0.3) is 5.69 Å². The zero-order valence-electron chi connectivity index (χ0n) is 15.5. The number of hydrogen-bond donors (Lipinski definition) is 1. The average Bonchev–Trinajstić information content (AvgIpc) is 2.95. The molecule has 0 aliphatic carbocycles. The Bertz CT molecular complexity index is 749. The Morgan fingerprint density at radius 3 is 2.60 bits per heavy atom. The third kappa shape index (κ3) is 3.42. The lowest BCUT2D eigenvalue weighted by atomic mass is 10.0. The molecule has 0 radical (unpaired) electrons. The van der Waals surface area contributed by atoms with E-state index in [9.17, 15) is 4.79 Å². The van der Waals surface area contributed by atoms with Crippen LogP contribution in [0.5, 0.6) is 5.75 Å². The first-order valence-corrected chi connectivity index (χ1v) is 8.85. The molecule has 0 spiro atoms. The lowest BCUT2D eigenvalue weighted by molar-refractivity contribution is 0.0697. The average molecular weight is 341 g/mol. The van der Waals surface area contributed by atoms with E-state index in [1.165, 1.54) is 0 Å². The van der Waals surface area contributed by atoms with E-state index in [0.717, 1.165) is 54.3 Å². The van der Waals surface area contributed by atoms with E-state index < -0.39 is 0 Å². The van der Waals surface area contributed by atoms with E-state index in [2.05, 4.69) is 9.88 Å². The Hall–Kier alpha value is -2.27. The van der Waals surface area contributed by atoms with Crippen molar-refractivity contribution in [3.8, 4) is 11.4 Å². The van der Waals surface area contributed by atoms with E-state index in [1.807, 2.05) is 56.1 Å². The van der Waals surface area contributed by atoms with Gasteiger partial charge < -0.3 is 19.5 Å². The number of ether oxygens (including phenoxy) is 1. The first-order chi connectivity index (χ1) is 12.0. The second-order valence-electron chi connectivity index (χ2n) is 6.70. The first kappa shape index (κ1) is 17.5. The van der Waals surface area contributed by atoms with Crippen molar-refractivity contribution in [2.75, 3.05) is 27.2 Å². The van der Waals surface area contributed by atoms with Crippen LogP contribution in [-0.4, -0.2) is 48.7 Å². The van der Waals surface area contributed by atoms with E-state index in [4.69, 9.17) is 4.74 Å². The fraction of sp³-hybridized carbons (Fsp3) is 0.450. The number of carbonyl (C=O) groups excluding carboxylic acids is 1. The number of hydrogen-bond acceptors (Lipinski definition) is 3. The van der Waals surface area contributed by atoms with Gasteiger partial charge in [-0.3, -0.25) is 4.79 Å². The summed E-state index contributed by atoms with van der Waals surface area (Å²) >= 11 is 0. The van der Waals surface area contributed by atoms with E-state index in [-0.39, 0.29) is 5.91 Å². The van der Waals surface area contributed by atoms with Crippen LogP contribution in [0.4, 0.5) is 0 Å². The Labute approximate surface area is 149 Å². The Balaban J connectivity index is 1.89. The minimum Gasteiger partial charge on any atom is -0.497 e. The van der Waals surface area contributed by atoms with Crippen LogP contribution in [0.1, 0.15) is 34.6 Å². The molecule has 2 aromatic rings. The smallest absolute Gasteiger partial charge is 0.255 e. The van der Waals surface area contributed by atoms with E-state index in [1.54, 1.807) is 7.11 Å². The molecule has 3 rings (SSSR count). The predicted molar refractivity (Wildman–Crippen MR) is 99.8 cm³/mol. The maximum Gasteiger partial charge on any atom is 0.255 e. The minimum absolute atomic E-state index is 0.132. The summed E-state index contributed by atoms with van der Waals surface area (Å²) in [4.78, 5) is 15.0. The van der Waals surface area contributed by atoms with Crippen LogP contribution in [0.15, 0.2) is 30.3 Å². The van der Waals surface area contributed by atoms with Crippen molar-refractivity contribution in [2.24, 2.45) is 0 Å². The van der Waals surface area contributed by atoms with Crippen LogP contribution >= 0.6 is 0 Å². The summed E-state index contributed by atoms with van der Waals surface area (Å²) in [5, 5.41) is 3.30. The quantitative estimate of drug-likeness (QED) is 0.930. The van der Waals surface area contributed by atoms with Crippen LogP contribution < -0.4 is 10.1 Å². The van der Waals surface area contributed by atoms with Gasteiger partial charge >= 0.3 is 0 Å². The number of likely N-dealkylation sites (N-methyl/N-ethyl adjacent to an activating group) is 1. The molecule has 5 heteroatoms. The first-order valence-electron chi connectivity index (χ1n) is 8.85. The summed E-state index contributed by atoms with van der Waals surface area (Å²) < 4.78 is 7.36. The number of amides is 1. The lowest BCUT2D eigenvalue weighted by Crippen LogP contribution is -2.47. The number of methoxy groups -OCH3 is 1. The molecule has 1 atom stereocenters. The second kappa shape index (κ2) is 7.31. The highest BCUT2D eigenvalue weighted by molar-refractivity contribution is 5.96. The fourth-order valence-electron chi connectivity index (χ4n) is 3.68. The monoisotopic (exact) mass is 341 g/mol. The second-order valence-corrected chi connectivity index (χ2v) is 6.70. The molecule has 1 unspecified atom stereocenters. The molecule has 1 aliphatic rings. The fourth-order valence-corrected chi connectivity index (χ4v) is 3.68. The molecule has 1 aliphatic heterocycles. The number of carbonyl (C=O) groups is 1. The van der Waals surface area contributed by atoms with Gasteiger partial charge in [0.2, 0.25) is 0 Å². The van der Waals surface area contributed by atoms with Crippen molar-refractivity contribution >= 4 is 5.91 Å². The molecular weight excluding hydrogens is 314 g/mol. The van der Waals surface area contributed by atoms with Crippen LogP contribution in [0, 0.1) is 13.8 Å². The summed E-state index contributed by atoms with van der Waals surface area (Å²) in [6, 6.07) is 10.3. The van der Waals surface area contributed by atoms with Gasteiger partial charge in [0.25, 0.3) is 5.91 Å². The van der Waals surface area contributed by atoms with Gasteiger partial charge in [0.15, 0.2) is 0 Å². The van der Waals surface area contributed by atoms with Crippen molar-refractivity contribution < 1.29 is 9.53 Å². The summed E-state index contributed by atoms with van der Waals surface area (Å²) in [5.74, 6) is 0.960. The van der Waals surface area contributed by atoms with Crippen molar-refractivity contribution in [1.82, 2.24) is 14.8 Å². The van der Waals surface area contributed by atoms with Gasteiger partial charge in [-0.25, -0.2) is 0 Å². The van der Waals surface area contributed by atoms with Crippen molar-refractivity contribution in [2.45, 2.75) is 32.7 Å². The van der Waals surface area contributed by atoms with Crippen LogP contribution in [-0.2, 0) is 0 Å². The van der Waals surface area contributed by atoms with Gasteiger partial charge in [0, 0.05) is 36.2 Å². The molecule has 1 aromatic carbocycles. The zero-order valence-corrected chi connectivity index (χ0v) is 15.5. The normalized spacial score (nSPS) is 17.6. The Morgan fingerprint density at radius 2 is 1.96 bits per heavy atom. The van der Waals surface area contributed by atoms with Crippen LogP contribution in [0.3, 0.4) is 0 Å².